The fourth-order valence-corrected chi connectivity index (χ4v) is 5.80. The second-order valence-corrected chi connectivity index (χ2v) is 9.41. The van der Waals surface area contributed by atoms with Gasteiger partial charge in [-0.25, -0.2) is 0 Å². The van der Waals surface area contributed by atoms with Crippen LogP contribution in [-0.2, 0) is 18.3 Å². The molecule has 0 amide bonds. The molecule has 2 fully saturated rings. The molecule has 1 atom stereocenters. The molecule has 5 nitrogen and oxygen atoms in total. The third kappa shape index (κ3) is 4.16. The molecule has 4 heterocycles. The van der Waals surface area contributed by atoms with Crippen molar-refractivity contribution < 1.29 is 4.74 Å². The fraction of sp³-hybridized carbons (Fsp3) is 0.684. The number of nitrogens with zero attached hydrogens (tertiary/aromatic N) is 4. The van der Waals surface area contributed by atoms with Gasteiger partial charge >= 0.3 is 0 Å². The Hall–Kier alpha value is -0.890. The monoisotopic (exact) mass is 392 g/mol. The number of rotatable bonds is 6. The van der Waals surface area contributed by atoms with Gasteiger partial charge in [-0.3, -0.25) is 4.90 Å². The lowest BCUT2D eigenvalue weighted by atomic mass is 9.96. The third-order valence-electron chi connectivity index (χ3n) is 5.58. The number of likely N-dealkylation sites (tertiary alicyclic amines) is 1. The highest BCUT2D eigenvalue weighted by Crippen LogP contribution is 2.31. The number of ether oxygens (including phenoxy) is 1. The van der Waals surface area contributed by atoms with Gasteiger partial charge in [-0.05, 0) is 62.7 Å². The van der Waals surface area contributed by atoms with Crippen LogP contribution in [-0.4, -0.2) is 51.2 Å². The molecule has 2 aliphatic rings. The predicted molar refractivity (Wildman–Crippen MR) is 107 cm³/mol. The predicted octanol–water partition coefficient (Wildman–Crippen LogP) is 3.84. The van der Waals surface area contributed by atoms with E-state index in [1.807, 2.05) is 11.3 Å². The Morgan fingerprint density at radius 1 is 1.27 bits per heavy atom. The van der Waals surface area contributed by atoms with E-state index < -0.39 is 0 Å². The number of thiophene rings is 1. The maximum Gasteiger partial charge on any atom is 0.191 e. The van der Waals surface area contributed by atoms with Gasteiger partial charge in [0.05, 0.1) is 6.10 Å². The number of aryl methyl sites for hydroxylation is 1. The lowest BCUT2D eigenvalue weighted by Gasteiger charge is -2.31. The van der Waals surface area contributed by atoms with Crippen LogP contribution in [0.1, 0.15) is 47.9 Å². The van der Waals surface area contributed by atoms with Gasteiger partial charge in [-0.1, -0.05) is 11.8 Å². The Kier molecular flexibility index (Phi) is 5.98. The third-order valence-corrected chi connectivity index (χ3v) is 7.74. The molecule has 2 aromatic heterocycles. The first-order chi connectivity index (χ1) is 12.7. The SMILES string of the molecule is Cc1ccsc1CN1CCC(c2nnc(SCC3CCCO3)n2C)CC1. The number of thioether (sulfide) groups is 1. The highest BCUT2D eigenvalue weighted by molar-refractivity contribution is 7.99. The van der Waals surface area contributed by atoms with E-state index in [4.69, 9.17) is 4.74 Å². The molecule has 26 heavy (non-hydrogen) atoms. The quantitative estimate of drug-likeness (QED) is 0.699. The topological polar surface area (TPSA) is 43.2 Å². The van der Waals surface area contributed by atoms with Crippen molar-refractivity contribution in [3.8, 4) is 0 Å². The number of aromatic nitrogens is 3. The molecule has 0 radical (unpaired) electrons. The summed E-state index contributed by atoms with van der Waals surface area (Å²) in [6, 6.07) is 2.22. The summed E-state index contributed by atoms with van der Waals surface area (Å²) < 4.78 is 7.93. The van der Waals surface area contributed by atoms with Crippen LogP contribution >= 0.6 is 23.1 Å². The zero-order valence-electron chi connectivity index (χ0n) is 15.7. The molecule has 0 N–H and O–H groups in total. The summed E-state index contributed by atoms with van der Waals surface area (Å²) in [4.78, 5) is 4.09. The maximum absolute atomic E-state index is 5.72. The van der Waals surface area contributed by atoms with Crippen molar-refractivity contribution >= 4 is 23.1 Å². The second kappa shape index (κ2) is 8.42. The summed E-state index contributed by atoms with van der Waals surface area (Å²) in [5.41, 5.74) is 1.43. The van der Waals surface area contributed by atoms with E-state index in [0.717, 1.165) is 43.0 Å². The van der Waals surface area contributed by atoms with Gasteiger partial charge in [0, 0.05) is 36.7 Å². The van der Waals surface area contributed by atoms with Crippen LogP contribution in [0.25, 0.3) is 0 Å². The second-order valence-electron chi connectivity index (χ2n) is 7.42. The van der Waals surface area contributed by atoms with Crippen molar-refractivity contribution in [1.29, 1.82) is 0 Å². The van der Waals surface area contributed by atoms with Crippen molar-refractivity contribution in [2.24, 2.45) is 7.05 Å². The molecule has 0 bridgehead atoms. The minimum absolute atomic E-state index is 0.393. The average Bonchev–Trinajstić information content (AvgIpc) is 3.38. The van der Waals surface area contributed by atoms with Crippen LogP contribution < -0.4 is 0 Å². The Balaban J connectivity index is 1.30. The normalized spacial score (nSPS) is 22.3. The fourth-order valence-electron chi connectivity index (χ4n) is 3.87. The van der Waals surface area contributed by atoms with Crippen LogP contribution in [0.4, 0.5) is 0 Å². The highest BCUT2D eigenvalue weighted by atomic mass is 32.2. The smallest absolute Gasteiger partial charge is 0.191 e. The van der Waals surface area contributed by atoms with E-state index in [-0.39, 0.29) is 0 Å². The zero-order chi connectivity index (χ0) is 17.9. The summed E-state index contributed by atoms with van der Waals surface area (Å²) in [6.45, 7) is 6.52. The Bertz CT molecular complexity index is 715. The zero-order valence-corrected chi connectivity index (χ0v) is 17.3. The van der Waals surface area contributed by atoms with Crippen LogP contribution in [0, 0.1) is 6.92 Å². The van der Waals surface area contributed by atoms with E-state index in [1.54, 1.807) is 11.8 Å². The molecule has 0 aromatic carbocycles. The van der Waals surface area contributed by atoms with Gasteiger partial charge in [0.25, 0.3) is 0 Å². The number of hydrogen-bond donors (Lipinski definition) is 0. The van der Waals surface area contributed by atoms with E-state index in [9.17, 15) is 0 Å². The van der Waals surface area contributed by atoms with Crippen LogP contribution in [0.2, 0.25) is 0 Å². The van der Waals surface area contributed by atoms with E-state index >= 15 is 0 Å². The number of piperidine rings is 1. The van der Waals surface area contributed by atoms with Crippen molar-refractivity contribution in [3.05, 3.63) is 27.7 Å². The standard InChI is InChI=1S/C19H28N4OS2/c1-14-7-11-25-17(14)12-23-8-5-15(6-9-23)18-20-21-19(22(18)2)26-13-16-4-3-10-24-16/h7,11,15-16H,3-6,8-10,12-13H2,1-2H3. The molecule has 2 aromatic rings. The van der Waals surface area contributed by atoms with Crippen molar-refractivity contribution in [2.45, 2.75) is 56.3 Å². The minimum Gasteiger partial charge on any atom is -0.377 e. The van der Waals surface area contributed by atoms with Crippen LogP contribution in [0.3, 0.4) is 0 Å². The first kappa shape index (κ1) is 18.5. The van der Waals surface area contributed by atoms with Gasteiger partial charge in [0.15, 0.2) is 5.16 Å². The van der Waals surface area contributed by atoms with Gasteiger partial charge in [0.1, 0.15) is 5.82 Å². The van der Waals surface area contributed by atoms with Gasteiger partial charge in [0.2, 0.25) is 0 Å². The average molecular weight is 393 g/mol. The van der Waals surface area contributed by atoms with E-state index in [1.165, 1.54) is 36.1 Å². The maximum atomic E-state index is 5.72. The van der Waals surface area contributed by atoms with E-state index in [2.05, 4.69) is 45.1 Å². The van der Waals surface area contributed by atoms with Crippen molar-refractivity contribution in [3.63, 3.8) is 0 Å². The molecule has 0 saturated carbocycles. The highest BCUT2D eigenvalue weighted by Gasteiger charge is 2.26. The molecule has 4 rings (SSSR count). The summed E-state index contributed by atoms with van der Waals surface area (Å²) in [5.74, 6) is 2.68. The van der Waals surface area contributed by atoms with Gasteiger partial charge < -0.3 is 9.30 Å². The number of hydrogen-bond acceptors (Lipinski definition) is 6. The molecule has 0 spiro atoms. The summed E-state index contributed by atoms with van der Waals surface area (Å²) in [7, 11) is 2.12. The molecule has 1 unspecified atom stereocenters. The molecule has 0 aliphatic carbocycles. The Labute approximate surface area is 164 Å². The van der Waals surface area contributed by atoms with Crippen molar-refractivity contribution in [1.82, 2.24) is 19.7 Å². The Morgan fingerprint density at radius 2 is 2.12 bits per heavy atom. The first-order valence-corrected chi connectivity index (χ1v) is 11.5. The molecule has 2 saturated heterocycles. The lowest BCUT2D eigenvalue weighted by molar-refractivity contribution is 0.129. The Morgan fingerprint density at radius 3 is 2.81 bits per heavy atom. The largest absolute Gasteiger partial charge is 0.377 e. The summed E-state index contributed by atoms with van der Waals surface area (Å²) in [6.07, 6.45) is 5.11. The molecule has 142 valence electrons. The van der Waals surface area contributed by atoms with Gasteiger partial charge in [-0.15, -0.1) is 21.5 Å². The summed E-state index contributed by atoms with van der Waals surface area (Å²) in [5, 5.41) is 12.2. The minimum atomic E-state index is 0.393. The molecular weight excluding hydrogens is 364 g/mol. The van der Waals surface area contributed by atoms with Crippen molar-refractivity contribution in [2.75, 3.05) is 25.4 Å². The van der Waals surface area contributed by atoms with Gasteiger partial charge in [-0.2, -0.15) is 0 Å². The van der Waals surface area contributed by atoms with Crippen LogP contribution in [0.15, 0.2) is 16.6 Å². The molecule has 7 heteroatoms. The summed E-state index contributed by atoms with van der Waals surface area (Å²) >= 11 is 3.67. The van der Waals surface area contributed by atoms with E-state index in [0.29, 0.717) is 12.0 Å². The lowest BCUT2D eigenvalue weighted by Crippen LogP contribution is -2.33. The molecular formula is C19H28N4OS2. The molecule has 2 aliphatic heterocycles. The van der Waals surface area contributed by atoms with Crippen LogP contribution in [0.5, 0.6) is 0 Å². The first-order valence-electron chi connectivity index (χ1n) is 9.59.